The van der Waals surface area contributed by atoms with Crippen molar-refractivity contribution in [2.45, 2.75) is 5.92 Å². The lowest BCUT2D eigenvalue weighted by Crippen LogP contribution is -2.13. The largest absolute Gasteiger partial charge is 0.265 e. The Hall–Kier alpha value is -1.87. The van der Waals surface area contributed by atoms with Crippen LogP contribution >= 0.6 is 11.6 Å². The van der Waals surface area contributed by atoms with Gasteiger partial charge in [-0.2, -0.15) is 0 Å². The summed E-state index contributed by atoms with van der Waals surface area (Å²) in [6, 6.07) is 16.7. The maximum absolute atomic E-state index is 10.8. The molecule has 0 saturated heterocycles. The van der Waals surface area contributed by atoms with Gasteiger partial charge in [0.1, 0.15) is 0 Å². The van der Waals surface area contributed by atoms with Gasteiger partial charge in [-0.05, 0) is 23.3 Å². The fraction of sp³-hybridized carbons (Fsp3) is 0.143. The molecule has 0 spiro atoms. The summed E-state index contributed by atoms with van der Waals surface area (Å²) in [6.07, 6.45) is 0. The van der Waals surface area contributed by atoms with Crippen LogP contribution in [0.25, 0.3) is 0 Å². The van der Waals surface area contributed by atoms with Gasteiger partial charge in [-0.25, -0.2) is 0 Å². The molecule has 0 aliphatic carbocycles. The lowest BCUT2D eigenvalue weighted by Gasteiger charge is -2.14. The molecule has 2 rings (SSSR count). The molecule has 1 atom stereocenters. The van der Waals surface area contributed by atoms with Crippen LogP contribution in [0.5, 0.6) is 0 Å². The first kappa shape index (κ1) is 12.6. The van der Waals surface area contributed by atoms with Crippen LogP contribution in [-0.4, -0.2) is 11.5 Å². The van der Waals surface area contributed by atoms with E-state index in [4.69, 9.17) is 11.6 Å². The van der Waals surface area contributed by atoms with Crippen LogP contribution in [0.3, 0.4) is 0 Å². The van der Waals surface area contributed by atoms with Crippen LogP contribution < -0.4 is 0 Å². The SMILES string of the molecule is O=[N+]([O-])CC(c1ccccc1)c1cccc(Cl)c1. The summed E-state index contributed by atoms with van der Waals surface area (Å²) in [5.74, 6) is -0.264. The van der Waals surface area contributed by atoms with E-state index in [1.165, 1.54) is 0 Å². The molecule has 0 aromatic heterocycles. The minimum atomic E-state index is -0.293. The van der Waals surface area contributed by atoms with Crippen LogP contribution in [0.2, 0.25) is 5.02 Å². The highest BCUT2D eigenvalue weighted by Gasteiger charge is 2.19. The molecule has 0 bridgehead atoms. The Labute approximate surface area is 110 Å². The number of nitro groups is 1. The highest BCUT2D eigenvalue weighted by atomic mass is 35.5. The molecule has 0 amide bonds. The van der Waals surface area contributed by atoms with Crippen molar-refractivity contribution in [1.29, 1.82) is 0 Å². The summed E-state index contributed by atoms with van der Waals surface area (Å²) in [4.78, 5) is 10.5. The third-order valence-corrected chi connectivity index (χ3v) is 3.02. The fourth-order valence-corrected chi connectivity index (χ4v) is 2.16. The van der Waals surface area contributed by atoms with Gasteiger partial charge in [0.05, 0.1) is 5.92 Å². The second-order valence-corrected chi connectivity index (χ2v) is 4.47. The van der Waals surface area contributed by atoms with Crippen LogP contribution in [0.15, 0.2) is 54.6 Å². The minimum absolute atomic E-state index is 0.135. The normalized spacial score (nSPS) is 12.1. The summed E-state index contributed by atoms with van der Waals surface area (Å²) < 4.78 is 0. The summed E-state index contributed by atoms with van der Waals surface area (Å²) in [5, 5.41) is 11.4. The maximum Gasteiger partial charge on any atom is 0.214 e. The molecule has 18 heavy (non-hydrogen) atoms. The Morgan fingerprint density at radius 3 is 2.33 bits per heavy atom. The fourth-order valence-electron chi connectivity index (χ4n) is 1.96. The van der Waals surface area contributed by atoms with Gasteiger partial charge in [0.15, 0.2) is 0 Å². The van der Waals surface area contributed by atoms with Crippen LogP contribution in [0.4, 0.5) is 0 Å². The zero-order chi connectivity index (χ0) is 13.0. The van der Waals surface area contributed by atoms with E-state index in [-0.39, 0.29) is 17.4 Å². The van der Waals surface area contributed by atoms with Crippen molar-refractivity contribution in [3.8, 4) is 0 Å². The van der Waals surface area contributed by atoms with E-state index < -0.39 is 0 Å². The van der Waals surface area contributed by atoms with Gasteiger partial charge in [-0.15, -0.1) is 0 Å². The number of nitrogens with zero attached hydrogens (tertiary/aromatic N) is 1. The number of hydrogen-bond donors (Lipinski definition) is 0. The number of benzene rings is 2. The lowest BCUT2D eigenvalue weighted by atomic mass is 9.91. The Morgan fingerprint density at radius 2 is 1.72 bits per heavy atom. The molecule has 2 aromatic rings. The van der Waals surface area contributed by atoms with Crippen LogP contribution in [-0.2, 0) is 0 Å². The standard InChI is InChI=1S/C14H12ClNO2/c15-13-8-4-7-12(9-13)14(10-16(17)18)11-5-2-1-3-6-11/h1-9,14H,10H2. The zero-order valence-corrected chi connectivity index (χ0v) is 10.4. The molecule has 0 saturated carbocycles. The Bertz CT molecular complexity index is 543. The molecule has 1 unspecified atom stereocenters. The highest BCUT2D eigenvalue weighted by molar-refractivity contribution is 6.30. The van der Waals surface area contributed by atoms with Crippen molar-refractivity contribution in [2.75, 3.05) is 6.54 Å². The highest BCUT2D eigenvalue weighted by Crippen LogP contribution is 2.26. The Morgan fingerprint density at radius 1 is 1.06 bits per heavy atom. The summed E-state index contributed by atoms with van der Waals surface area (Å²) in [5.41, 5.74) is 1.79. The van der Waals surface area contributed by atoms with Crippen molar-refractivity contribution < 1.29 is 4.92 Å². The molecule has 92 valence electrons. The lowest BCUT2D eigenvalue weighted by molar-refractivity contribution is -0.481. The predicted octanol–water partition coefficient (Wildman–Crippen LogP) is 3.75. The van der Waals surface area contributed by atoms with Crippen LogP contribution in [0.1, 0.15) is 17.0 Å². The molecular formula is C14H12ClNO2. The summed E-state index contributed by atoms with van der Waals surface area (Å²) >= 11 is 5.94. The van der Waals surface area contributed by atoms with E-state index in [9.17, 15) is 10.1 Å². The molecule has 0 fully saturated rings. The van der Waals surface area contributed by atoms with E-state index in [0.717, 1.165) is 11.1 Å². The topological polar surface area (TPSA) is 43.1 Å². The molecule has 0 aliphatic rings. The Kier molecular flexibility index (Phi) is 3.95. The Balaban J connectivity index is 2.40. The van der Waals surface area contributed by atoms with Gasteiger partial charge in [-0.1, -0.05) is 54.1 Å². The van der Waals surface area contributed by atoms with Gasteiger partial charge >= 0.3 is 0 Å². The number of rotatable bonds is 4. The molecule has 0 aliphatic heterocycles. The third kappa shape index (κ3) is 3.08. The average molecular weight is 262 g/mol. The van der Waals surface area contributed by atoms with Gasteiger partial charge < -0.3 is 0 Å². The van der Waals surface area contributed by atoms with E-state index >= 15 is 0 Å². The van der Waals surface area contributed by atoms with Crippen molar-refractivity contribution in [3.63, 3.8) is 0 Å². The second-order valence-electron chi connectivity index (χ2n) is 4.03. The number of halogens is 1. The van der Waals surface area contributed by atoms with Gasteiger partial charge in [0, 0.05) is 9.95 Å². The van der Waals surface area contributed by atoms with Crippen LogP contribution in [0, 0.1) is 10.1 Å². The van der Waals surface area contributed by atoms with Gasteiger partial charge in [0.2, 0.25) is 6.54 Å². The van der Waals surface area contributed by atoms with E-state index in [0.29, 0.717) is 5.02 Å². The summed E-state index contributed by atoms with van der Waals surface area (Å²) in [6.45, 7) is -0.135. The van der Waals surface area contributed by atoms with Crippen molar-refractivity contribution >= 4 is 11.6 Å². The van der Waals surface area contributed by atoms with Crippen molar-refractivity contribution in [1.82, 2.24) is 0 Å². The molecule has 0 radical (unpaired) electrons. The first-order valence-electron chi connectivity index (χ1n) is 5.59. The van der Waals surface area contributed by atoms with E-state index in [2.05, 4.69) is 0 Å². The molecule has 0 heterocycles. The average Bonchev–Trinajstić information content (AvgIpc) is 2.37. The first-order valence-corrected chi connectivity index (χ1v) is 5.97. The molecular weight excluding hydrogens is 250 g/mol. The molecule has 2 aromatic carbocycles. The molecule has 4 heteroatoms. The molecule has 0 N–H and O–H groups in total. The van der Waals surface area contributed by atoms with Crippen molar-refractivity contribution in [2.24, 2.45) is 0 Å². The maximum atomic E-state index is 10.8. The number of hydrogen-bond acceptors (Lipinski definition) is 2. The van der Waals surface area contributed by atoms with E-state index in [1.54, 1.807) is 12.1 Å². The smallest absolute Gasteiger partial charge is 0.214 e. The predicted molar refractivity (Wildman–Crippen MR) is 71.6 cm³/mol. The van der Waals surface area contributed by atoms with Gasteiger partial charge in [0.25, 0.3) is 0 Å². The third-order valence-electron chi connectivity index (χ3n) is 2.78. The summed E-state index contributed by atoms with van der Waals surface area (Å²) in [7, 11) is 0. The zero-order valence-electron chi connectivity index (χ0n) is 9.62. The molecule has 3 nitrogen and oxygen atoms in total. The monoisotopic (exact) mass is 261 g/mol. The van der Waals surface area contributed by atoms with E-state index in [1.807, 2.05) is 42.5 Å². The quantitative estimate of drug-likeness (QED) is 0.621. The van der Waals surface area contributed by atoms with Crippen molar-refractivity contribution in [3.05, 3.63) is 80.9 Å². The first-order chi connectivity index (χ1) is 8.66. The second kappa shape index (κ2) is 5.65. The van der Waals surface area contributed by atoms with Gasteiger partial charge in [-0.3, -0.25) is 10.1 Å². The minimum Gasteiger partial charge on any atom is -0.265 e.